The second-order valence-electron chi connectivity index (χ2n) is 6.27. The van der Waals surface area contributed by atoms with Crippen LogP contribution in [0, 0.1) is 0 Å². The van der Waals surface area contributed by atoms with E-state index in [9.17, 15) is 14.4 Å². The average Bonchev–Trinajstić information content (AvgIpc) is 2.69. The molecule has 0 fully saturated rings. The number of anilines is 1. The highest BCUT2D eigenvalue weighted by molar-refractivity contribution is 9.10. The van der Waals surface area contributed by atoms with E-state index in [1.807, 2.05) is 49.4 Å². The first kappa shape index (κ1) is 21.6. The van der Waals surface area contributed by atoms with Gasteiger partial charge in [-0.15, -0.1) is 0 Å². The van der Waals surface area contributed by atoms with E-state index in [4.69, 9.17) is 4.74 Å². The van der Waals surface area contributed by atoms with E-state index in [0.29, 0.717) is 12.1 Å². The van der Waals surface area contributed by atoms with Crippen LogP contribution in [0.2, 0.25) is 0 Å². The number of benzene rings is 2. The SMILES string of the molecule is C[C@H](NC(=O)COC(=O)CCCC(=O)Nc1ccc(Br)cc1)c1ccccc1. The number of esters is 1. The molecule has 0 saturated heterocycles. The van der Waals surface area contributed by atoms with E-state index in [-0.39, 0.29) is 37.3 Å². The molecule has 148 valence electrons. The van der Waals surface area contributed by atoms with Gasteiger partial charge in [-0.3, -0.25) is 14.4 Å². The monoisotopic (exact) mass is 446 g/mol. The van der Waals surface area contributed by atoms with Crippen molar-refractivity contribution in [1.82, 2.24) is 5.32 Å². The second kappa shape index (κ2) is 11.2. The van der Waals surface area contributed by atoms with Crippen molar-refractivity contribution >= 4 is 39.4 Å². The quantitative estimate of drug-likeness (QED) is 0.570. The van der Waals surface area contributed by atoms with E-state index >= 15 is 0 Å². The van der Waals surface area contributed by atoms with Gasteiger partial charge in [-0.1, -0.05) is 46.3 Å². The minimum atomic E-state index is -0.501. The summed E-state index contributed by atoms with van der Waals surface area (Å²) in [6.45, 7) is 1.53. The lowest BCUT2D eigenvalue weighted by atomic mass is 10.1. The number of halogens is 1. The highest BCUT2D eigenvalue weighted by Crippen LogP contribution is 2.14. The van der Waals surface area contributed by atoms with Crippen LogP contribution in [-0.4, -0.2) is 24.4 Å². The van der Waals surface area contributed by atoms with Crippen molar-refractivity contribution in [3.8, 4) is 0 Å². The molecule has 0 bridgehead atoms. The van der Waals surface area contributed by atoms with Crippen LogP contribution in [0.15, 0.2) is 59.1 Å². The van der Waals surface area contributed by atoms with Crippen molar-refractivity contribution in [2.45, 2.75) is 32.2 Å². The van der Waals surface area contributed by atoms with E-state index in [1.165, 1.54) is 0 Å². The summed E-state index contributed by atoms with van der Waals surface area (Å²) in [6, 6.07) is 16.6. The summed E-state index contributed by atoms with van der Waals surface area (Å²) < 4.78 is 5.89. The Hall–Kier alpha value is -2.67. The van der Waals surface area contributed by atoms with E-state index in [1.54, 1.807) is 12.1 Å². The standard InChI is InChI=1S/C21H23BrN2O4/c1-15(16-6-3-2-4-7-16)23-20(26)14-28-21(27)9-5-8-19(25)24-18-12-10-17(22)11-13-18/h2-4,6-7,10-13,15H,5,8-9,14H2,1H3,(H,23,26)(H,24,25)/t15-/m0/s1. The number of hydrogen-bond donors (Lipinski definition) is 2. The molecular weight excluding hydrogens is 424 g/mol. The largest absolute Gasteiger partial charge is 0.456 e. The Morgan fingerprint density at radius 1 is 0.964 bits per heavy atom. The Labute approximate surface area is 172 Å². The fourth-order valence-electron chi connectivity index (χ4n) is 2.48. The van der Waals surface area contributed by atoms with Gasteiger partial charge in [0.2, 0.25) is 5.91 Å². The molecule has 2 aromatic carbocycles. The lowest BCUT2D eigenvalue weighted by Crippen LogP contribution is -2.31. The molecular formula is C21H23BrN2O4. The molecule has 2 aromatic rings. The predicted molar refractivity (Wildman–Crippen MR) is 111 cm³/mol. The first-order valence-electron chi connectivity index (χ1n) is 8.99. The minimum Gasteiger partial charge on any atom is -0.456 e. The van der Waals surface area contributed by atoms with Gasteiger partial charge in [0.25, 0.3) is 5.91 Å². The lowest BCUT2D eigenvalue weighted by molar-refractivity contribution is -0.148. The molecule has 2 rings (SSSR count). The first-order chi connectivity index (χ1) is 13.4. The maximum absolute atomic E-state index is 11.9. The Morgan fingerprint density at radius 2 is 1.64 bits per heavy atom. The van der Waals surface area contributed by atoms with Crippen LogP contribution >= 0.6 is 15.9 Å². The maximum atomic E-state index is 11.9. The van der Waals surface area contributed by atoms with E-state index in [0.717, 1.165) is 10.0 Å². The summed E-state index contributed by atoms with van der Waals surface area (Å²) in [7, 11) is 0. The number of rotatable bonds is 9. The van der Waals surface area contributed by atoms with Gasteiger partial charge in [0, 0.05) is 23.0 Å². The molecule has 0 heterocycles. The Balaban J connectivity index is 1.61. The molecule has 1 atom stereocenters. The third-order valence-electron chi connectivity index (χ3n) is 3.95. The van der Waals surface area contributed by atoms with Gasteiger partial charge in [-0.25, -0.2) is 0 Å². The van der Waals surface area contributed by atoms with Crippen molar-refractivity contribution in [2.75, 3.05) is 11.9 Å². The van der Waals surface area contributed by atoms with Gasteiger partial charge in [0.15, 0.2) is 6.61 Å². The van der Waals surface area contributed by atoms with Crippen molar-refractivity contribution in [3.63, 3.8) is 0 Å². The molecule has 0 spiro atoms. The molecule has 0 aliphatic rings. The van der Waals surface area contributed by atoms with Crippen LogP contribution in [-0.2, 0) is 19.1 Å². The summed E-state index contributed by atoms with van der Waals surface area (Å²) in [4.78, 5) is 35.5. The van der Waals surface area contributed by atoms with Crippen LogP contribution in [0.4, 0.5) is 5.69 Å². The molecule has 0 radical (unpaired) electrons. The van der Waals surface area contributed by atoms with E-state index in [2.05, 4.69) is 26.6 Å². The first-order valence-corrected chi connectivity index (χ1v) is 9.78. The number of nitrogens with one attached hydrogen (secondary N) is 2. The van der Waals surface area contributed by atoms with Gasteiger partial charge < -0.3 is 15.4 Å². The van der Waals surface area contributed by atoms with Crippen LogP contribution in [0.5, 0.6) is 0 Å². The van der Waals surface area contributed by atoms with Crippen LogP contribution in [0.25, 0.3) is 0 Å². The summed E-state index contributed by atoms with van der Waals surface area (Å²) >= 11 is 3.33. The van der Waals surface area contributed by atoms with Crippen molar-refractivity contribution < 1.29 is 19.1 Å². The van der Waals surface area contributed by atoms with Crippen molar-refractivity contribution in [3.05, 3.63) is 64.6 Å². The highest BCUT2D eigenvalue weighted by atomic mass is 79.9. The smallest absolute Gasteiger partial charge is 0.306 e. The minimum absolute atomic E-state index is 0.0786. The second-order valence-corrected chi connectivity index (χ2v) is 7.18. The maximum Gasteiger partial charge on any atom is 0.306 e. The number of hydrogen-bond acceptors (Lipinski definition) is 4. The van der Waals surface area contributed by atoms with Gasteiger partial charge in [-0.05, 0) is 43.2 Å². The zero-order valence-electron chi connectivity index (χ0n) is 15.6. The number of carbonyl (C=O) groups is 3. The van der Waals surface area contributed by atoms with Crippen LogP contribution in [0.1, 0.15) is 37.8 Å². The van der Waals surface area contributed by atoms with Gasteiger partial charge in [-0.2, -0.15) is 0 Å². The normalized spacial score (nSPS) is 11.4. The number of carbonyl (C=O) groups excluding carboxylic acids is 3. The third-order valence-corrected chi connectivity index (χ3v) is 4.48. The fraction of sp³-hybridized carbons (Fsp3) is 0.286. The van der Waals surface area contributed by atoms with Crippen LogP contribution < -0.4 is 10.6 Å². The topological polar surface area (TPSA) is 84.5 Å². The zero-order chi connectivity index (χ0) is 20.4. The Morgan fingerprint density at radius 3 is 2.32 bits per heavy atom. The zero-order valence-corrected chi connectivity index (χ0v) is 17.2. The van der Waals surface area contributed by atoms with Gasteiger partial charge in [0.1, 0.15) is 0 Å². The molecule has 0 aliphatic heterocycles. The number of ether oxygens (including phenoxy) is 1. The Bertz CT molecular complexity index is 794. The van der Waals surface area contributed by atoms with Crippen molar-refractivity contribution in [2.24, 2.45) is 0 Å². The molecule has 0 aliphatic carbocycles. The fourth-order valence-corrected chi connectivity index (χ4v) is 2.74. The molecule has 2 amide bonds. The van der Waals surface area contributed by atoms with Gasteiger partial charge in [0.05, 0.1) is 6.04 Å². The molecule has 0 aromatic heterocycles. The molecule has 0 unspecified atom stereocenters. The summed E-state index contributed by atoms with van der Waals surface area (Å²) in [5.41, 5.74) is 1.67. The number of amides is 2. The molecule has 2 N–H and O–H groups in total. The molecule has 7 heteroatoms. The summed E-state index contributed by atoms with van der Waals surface area (Å²) in [6.07, 6.45) is 0.626. The lowest BCUT2D eigenvalue weighted by Gasteiger charge is -2.14. The molecule has 6 nitrogen and oxygen atoms in total. The molecule has 0 saturated carbocycles. The van der Waals surface area contributed by atoms with Gasteiger partial charge >= 0.3 is 5.97 Å². The molecule has 28 heavy (non-hydrogen) atoms. The average molecular weight is 447 g/mol. The van der Waals surface area contributed by atoms with E-state index < -0.39 is 5.97 Å². The van der Waals surface area contributed by atoms with Crippen molar-refractivity contribution in [1.29, 1.82) is 0 Å². The summed E-state index contributed by atoms with van der Waals surface area (Å²) in [5, 5.41) is 5.53. The Kier molecular flexibility index (Phi) is 8.68. The third kappa shape index (κ3) is 7.92. The summed E-state index contributed by atoms with van der Waals surface area (Å²) in [5.74, 6) is -1.04. The highest BCUT2D eigenvalue weighted by Gasteiger charge is 2.12. The predicted octanol–water partition coefficient (Wildman–Crippen LogP) is 3.98. The van der Waals surface area contributed by atoms with Crippen LogP contribution in [0.3, 0.4) is 0 Å².